The van der Waals surface area contributed by atoms with Gasteiger partial charge in [-0.15, -0.1) is 5.10 Å². The molecule has 10 heteroatoms. The molecule has 1 N–H and O–H groups in total. The van der Waals surface area contributed by atoms with Crippen LogP contribution in [-0.4, -0.2) is 42.5 Å². The average Bonchev–Trinajstić information content (AvgIpc) is 3.17. The van der Waals surface area contributed by atoms with Gasteiger partial charge in [0, 0.05) is 18.4 Å². The van der Waals surface area contributed by atoms with Gasteiger partial charge in [-0.05, 0) is 39.7 Å². The van der Waals surface area contributed by atoms with Crippen LogP contribution in [0.4, 0.5) is 4.39 Å². The van der Waals surface area contributed by atoms with E-state index in [1.54, 1.807) is 33.8 Å². The van der Waals surface area contributed by atoms with E-state index < -0.39 is 11.7 Å². The van der Waals surface area contributed by atoms with Gasteiger partial charge in [0.15, 0.2) is 4.60 Å². The van der Waals surface area contributed by atoms with Gasteiger partial charge in [-0.25, -0.2) is 14.2 Å². The van der Waals surface area contributed by atoms with E-state index in [4.69, 9.17) is 0 Å². The van der Waals surface area contributed by atoms with Crippen LogP contribution in [0.5, 0.6) is 0 Å². The molecule has 156 valence electrons. The predicted octanol–water partition coefficient (Wildman–Crippen LogP) is 2.66. The van der Waals surface area contributed by atoms with Crippen molar-refractivity contribution in [2.45, 2.75) is 19.5 Å². The highest BCUT2D eigenvalue weighted by Crippen LogP contribution is 2.23. The zero-order valence-electron chi connectivity index (χ0n) is 16.2. The number of H-pyrrole nitrogens is 1. The van der Waals surface area contributed by atoms with Crippen LogP contribution < -0.4 is 5.56 Å². The maximum absolute atomic E-state index is 14.6. The summed E-state index contributed by atoms with van der Waals surface area (Å²) in [6.07, 6.45) is 0.347. The van der Waals surface area contributed by atoms with E-state index in [9.17, 15) is 14.0 Å². The molecule has 0 radical (unpaired) electrons. The van der Waals surface area contributed by atoms with Crippen molar-refractivity contribution in [3.05, 3.63) is 85.8 Å². The first-order valence-corrected chi connectivity index (χ1v) is 10.4. The number of nitrogens with one attached hydrogen (secondary N) is 1. The number of carbonyl (C=O) groups excluding carboxylic acids is 1. The van der Waals surface area contributed by atoms with Crippen molar-refractivity contribution in [2.75, 3.05) is 6.54 Å². The van der Waals surface area contributed by atoms with E-state index in [2.05, 4.69) is 36.4 Å². The first kappa shape index (κ1) is 19.6. The Balaban J connectivity index is 1.45. The van der Waals surface area contributed by atoms with Crippen molar-refractivity contribution in [3.63, 3.8) is 0 Å². The Bertz CT molecular complexity index is 1380. The van der Waals surface area contributed by atoms with Gasteiger partial charge in [-0.3, -0.25) is 9.59 Å². The van der Waals surface area contributed by atoms with Crippen LogP contribution in [0.1, 0.15) is 27.3 Å². The lowest BCUT2D eigenvalue weighted by Gasteiger charge is -2.27. The van der Waals surface area contributed by atoms with Gasteiger partial charge < -0.3 is 4.90 Å². The Morgan fingerprint density at radius 2 is 1.97 bits per heavy atom. The maximum Gasteiger partial charge on any atom is 0.272 e. The minimum atomic E-state index is -0.579. The van der Waals surface area contributed by atoms with Gasteiger partial charge in [0.05, 0.1) is 35.4 Å². The normalized spacial score (nSPS) is 13.4. The molecule has 1 amide bonds. The van der Waals surface area contributed by atoms with Crippen LogP contribution in [0.15, 0.2) is 51.9 Å². The molecule has 5 rings (SSSR count). The van der Waals surface area contributed by atoms with Crippen molar-refractivity contribution in [2.24, 2.45) is 0 Å². The van der Waals surface area contributed by atoms with Crippen LogP contribution in [-0.2, 0) is 19.5 Å². The zero-order chi connectivity index (χ0) is 21.5. The van der Waals surface area contributed by atoms with Crippen molar-refractivity contribution >= 4 is 32.6 Å². The molecule has 1 aliphatic rings. The van der Waals surface area contributed by atoms with E-state index >= 15 is 0 Å². The Hall–Kier alpha value is -3.40. The van der Waals surface area contributed by atoms with E-state index in [-0.39, 0.29) is 11.1 Å². The maximum atomic E-state index is 14.6. The summed E-state index contributed by atoms with van der Waals surface area (Å²) in [6, 6.07) is 11.6. The first-order chi connectivity index (χ1) is 15.0. The summed E-state index contributed by atoms with van der Waals surface area (Å²) in [6.45, 7) is 1.20. The minimum absolute atomic E-state index is 0.00303. The molecular weight excluding hydrogens is 467 g/mol. The molecule has 0 spiro atoms. The monoisotopic (exact) mass is 482 g/mol. The number of amides is 1. The molecule has 2 aromatic heterocycles. The third-order valence-corrected chi connectivity index (χ3v) is 6.02. The SMILES string of the molecule is O=C(c1cc(Cc2n[nH]c(=O)c3ccccc23)ccc1F)N1CCn2nnc(Br)c2C1. The molecule has 2 aromatic carbocycles. The number of hydrogen-bond donors (Lipinski definition) is 1. The number of aromatic nitrogens is 5. The van der Waals surface area contributed by atoms with Gasteiger partial charge in [-0.2, -0.15) is 5.10 Å². The fraction of sp³-hybridized carbons (Fsp3) is 0.190. The molecular formula is C21H16BrFN6O2. The highest BCUT2D eigenvalue weighted by atomic mass is 79.9. The molecule has 0 saturated carbocycles. The summed E-state index contributed by atoms with van der Waals surface area (Å²) in [5, 5.41) is 15.9. The third kappa shape index (κ3) is 3.52. The summed E-state index contributed by atoms with van der Waals surface area (Å²) in [5.74, 6) is -0.970. The Morgan fingerprint density at radius 1 is 1.16 bits per heavy atom. The van der Waals surface area contributed by atoms with Crippen molar-refractivity contribution in [3.8, 4) is 0 Å². The summed E-state index contributed by atoms with van der Waals surface area (Å²) in [7, 11) is 0. The van der Waals surface area contributed by atoms with Crippen molar-refractivity contribution in [1.29, 1.82) is 0 Å². The van der Waals surface area contributed by atoms with E-state index in [1.807, 2.05) is 12.1 Å². The average molecular weight is 483 g/mol. The van der Waals surface area contributed by atoms with Crippen LogP contribution in [0.25, 0.3) is 10.8 Å². The van der Waals surface area contributed by atoms with Crippen molar-refractivity contribution < 1.29 is 9.18 Å². The van der Waals surface area contributed by atoms with E-state index in [1.165, 1.54) is 6.07 Å². The summed E-state index contributed by atoms with van der Waals surface area (Å²) < 4.78 is 16.9. The fourth-order valence-electron chi connectivity index (χ4n) is 3.80. The molecule has 0 bridgehead atoms. The van der Waals surface area contributed by atoms with Crippen LogP contribution in [0.2, 0.25) is 0 Å². The van der Waals surface area contributed by atoms with E-state index in [0.717, 1.165) is 16.6 Å². The van der Waals surface area contributed by atoms with Crippen molar-refractivity contribution in [1.82, 2.24) is 30.1 Å². The molecule has 31 heavy (non-hydrogen) atoms. The lowest BCUT2D eigenvalue weighted by molar-refractivity contribution is 0.0700. The number of benzene rings is 2. The topological polar surface area (TPSA) is 96.8 Å². The first-order valence-electron chi connectivity index (χ1n) is 9.63. The predicted molar refractivity (Wildman–Crippen MR) is 114 cm³/mol. The molecule has 0 aliphatic carbocycles. The largest absolute Gasteiger partial charge is 0.331 e. The van der Waals surface area contributed by atoms with Crippen LogP contribution in [0, 0.1) is 5.82 Å². The Morgan fingerprint density at radius 3 is 2.81 bits per heavy atom. The summed E-state index contributed by atoms with van der Waals surface area (Å²) >= 11 is 3.33. The molecule has 3 heterocycles. The highest BCUT2D eigenvalue weighted by molar-refractivity contribution is 9.10. The molecule has 4 aromatic rings. The standard InChI is InChI=1S/C21H16BrFN6O2/c22-19-18-11-28(7-8-29(18)27-25-19)21(31)15-9-12(5-6-16(15)23)10-17-13-3-1-2-4-14(13)20(30)26-24-17/h1-6,9H,7-8,10-11H2,(H,26,30). The number of rotatable bonds is 3. The number of carbonyl (C=O) groups is 1. The molecule has 1 aliphatic heterocycles. The minimum Gasteiger partial charge on any atom is -0.331 e. The molecule has 0 saturated heterocycles. The second-order valence-corrected chi connectivity index (χ2v) is 8.06. The van der Waals surface area contributed by atoms with E-state index in [0.29, 0.717) is 41.7 Å². The molecule has 0 fully saturated rings. The van der Waals surface area contributed by atoms with Gasteiger partial charge in [-0.1, -0.05) is 29.5 Å². The zero-order valence-corrected chi connectivity index (χ0v) is 17.8. The number of halogens is 2. The summed E-state index contributed by atoms with van der Waals surface area (Å²) in [5.41, 5.74) is 1.89. The molecule has 8 nitrogen and oxygen atoms in total. The quantitative estimate of drug-likeness (QED) is 0.484. The number of fused-ring (bicyclic) bond motifs is 2. The number of aromatic amines is 1. The smallest absolute Gasteiger partial charge is 0.272 e. The van der Waals surface area contributed by atoms with Crippen LogP contribution in [0.3, 0.4) is 0 Å². The molecule has 0 unspecified atom stereocenters. The second kappa shape index (κ2) is 7.69. The number of nitrogens with zero attached hydrogens (tertiary/aromatic N) is 5. The Kier molecular flexibility index (Phi) is 4.85. The summed E-state index contributed by atoms with van der Waals surface area (Å²) in [4.78, 5) is 26.7. The lowest BCUT2D eigenvalue weighted by atomic mass is 10.0. The third-order valence-electron chi connectivity index (χ3n) is 5.41. The second-order valence-electron chi connectivity index (χ2n) is 7.31. The fourth-order valence-corrected chi connectivity index (χ4v) is 4.20. The lowest BCUT2D eigenvalue weighted by Crippen LogP contribution is -2.39. The Labute approximate surface area is 183 Å². The van der Waals surface area contributed by atoms with Gasteiger partial charge >= 0.3 is 0 Å². The van der Waals surface area contributed by atoms with Gasteiger partial charge in [0.1, 0.15) is 5.82 Å². The highest BCUT2D eigenvalue weighted by Gasteiger charge is 2.26. The van der Waals surface area contributed by atoms with Gasteiger partial charge in [0.25, 0.3) is 11.5 Å². The van der Waals surface area contributed by atoms with Crippen LogP contribution >= 0.6 is 15.9 Å². The van der Waals surface area contributed by atoms with Gasteiger partial charge in [0.2, 0.25) is 0 Å². The number of hydrogen-bond acceptors (Lipinski definition) is 5. The molecule has 0 atom stereocenters.